The number of nitrogens with one attached hydrogen (secondary N) is 1. The molecule has 3 rings (SSSR count). The van der Waals surface area contributed by atoms with Gasteiger partial charge in [0.15, 0.2) is 5.82 Å². The lowest BCUT2D eigenvalue weighted by Gasteiger charge is -2.16. The molecule has 2 amide bonds. The van der Waals surface area contributed by atoms with E-state index in [0.29, 0.717) is 24.2 Å². The maximum absolute atomic E-state index is 11.8. The number of carbonyl (C=O) groups excluding carboxylic acids is 1. The molecule has 0 spiro atoms. The minimum atomic E-state index is 0.00651. The van der Waals surface area contributed by atoms with Gasteiger partial charge in [-0.25, -0.2) is 4.79 Å². The number of amides is 2. The Hall–Kier alpha value is -2.57. The third-order valence-corrected chi connectivity index (χ3v) is 4.18. The number of rotatable bonds is 5. The highest BCUT2D eigenvalue weighted by Crippen LogP contribution is 2.23. The summed E-state index contributed by atoms with van der Waals surface area (Å²) in [5.41, 5.74) is 0.866. The highest BCUT2D eigenvalue weighted by atomic mass is 16.5. The third-order valence-electron chi connectivity index (χ3n) is 4.18. The summed E-state index contributed by atoms with van der Waals surface area (Å²) in [4.78, 5) is 18.2. The molecule has 1 unspecified atom stereocenters. The number of hydrogen-bond acceptors (Lipinski definition) is 5. The summed E-state index contributed by atoms with van der Waals surface area (Å²) in [5.74, 6) is 2.35. The summed E-state index contributed by atoms with van der Waals surface area (Å²) in [7, 11) is 1.63. The molecule has 0 aliphatic carbocycles. The van der Waals surface area contributed by atoms with Crippen LogP contribution in [0, 0.1) is 5.92 Å². The van der Waals surface area contributed by atoms with E-state index >= 15 is 0 Å². The van der Waals surface area contributed by atoms with Gasteiger partial charge in [-0.2, -0.15) is 4.98 Å². The van der Waals surface area contributed by atoms with Gasteiger partial charge in [0, 0.05) is 31.6 Å². The number of benzene rings is 1. The van der Waals surface area contributed by atoms with Crippen molar-refractivity contribution in [1.82, 2.24) is 20.4 Å². The molecule has 128 valence electrons. The summed E-state index contributed by atoms with van der Waals surface area (Å²) < 4.78 is 10.5. The lowest BCUT2D eigenvalue weighted by Crippen LogP contribution is -2.38. The molecule has 0 bridgehead atoms. The lowest BCUT2D eigenvalue weighted by molar-refractivity contribution is 0.207. The highest BCUT2D eigenvalue weighted by Gasteiger charge is 2.27. The molecule has 1 aliphatic rings. The van der Waals surface area contributed by atoms with Gasteiger partial charge in [-0.1, -0.05) is 5.16 Å². The minimum Gasteiger partial charge on any atom is -0.497 e. The minimum absolute atomic E-state index is 0.00651. The van der Waals surface area contributed by atoms with Crippen molar-refractivity contribution in [3.63, 3.8) is 0 Å². The Labute approximate surface area is 141 Å². The number of nitrogens with zero attached hydrogens (tertiary/aromatic N) is 3. The first-order chi connectivity index (χ1) is 11.7. The van der Waals surface area contributed by atoms with E-state index in [4.69, 9.17) is 9.26 Å². The largest absolute Gasteiger partial charge is 0.497 e. The zero-order valence-electron chi connectivity index (χ0n) is 14.0. The van der Waals surface area contributed by atoms with Crippen LogP contribution < -0.4 is 10.1 Å². The topological polar surface area (TPSA) is 80.5 Å². The van der Waals surface area contributed by atoms with Crippen LogP contribution in [0.15, 0.2) is 28.8 Å². The lowest BCUT2D eigenvalue weighted by atomic mass is 10.1. The summed E-state index contributed by atoms with van der Waals surface area (Å²) in [6.45, 7) is 4.08. The summed E-state index contributed by atoms with van der Waals surface area (Å²) in [5, 5.41) is 6.90. The van der Waals surface area contributed by atoms with E-state index in [0.717, 1.165) is 37.2 Å². The zero-order valence-corrected chi connectivity index (χ0v) is 14.0. The van der Waals surface area contributed by atoms with Gasteiger partial charge in [-0.05, 0) is 43.5 Å². The molecule has 24 heavy (non-hydrogen) atoms. The van der Waals surface area contributed by atoms with Crippen molar-refractivity contribution in [2.45, 2.75) is 19.8 Å². The van der Waals surface area contributed by atoms with Crippen LogP contribution in [0.4, 0.5) is 4.79 Å². The Morgan fingerprint density at radius 3 is 2.92 bits per heavy atom. The molecule has 1 atom stereocenters. The number of likely N-dealkylation sites (tertiary alicyclic amines) is 1. The van der Waals surface area contributed by atoms with Gasteiger partial charge in [-0.15, -0.1) is 0 Å². The predicted octanol–water partition coefficient (Wildman–Crippen LogP) is 2.34. The van der Waals surface area contributed by atoms with Crippen molar-refractivity contribution >= 4 is 6.03 Å². The molecule has 1 aromatic carbocycles. The molecule has 2 aromatic rings. The van der Waals surface area contributed by atoms with Crippen molar-refractivity contribution in [2.24, 2.45) is 5.92 Å². The van der Waals surface area contributed by atoms with Crippen molar-refractivity contribution in [3.05, 3.63) is 30.1 Å². The molecule has 0 saturated carbocycles. The van der Waals surface area contributed by atoms with Crippen LogP contribution in [0.5, 0.6) is 5.75 Å². The van der Waals surface area contributed by atoms with Gasteiger partial charge in [-0.3, -0.25) is 0 Å². The van der Waals surface area contributed by atoms with Gasteiger partial charge in [0.1, 0.15) is 5.75 Å². The second-order valence-electron chi connectivity index (χ2n) is 5.88. The SMILES string of the molecule is CCNC(=O)N1CCC(Cc2noc(-c3ccc(OC)cc3)n2)C1. The Balaban J connectivity index is 1.59. The van der Waals surface area contributed by atoms with Crippen LogP contribution in [0.1, 0.15) is 19.2 Å². The fraction of sp³-hybridized carbons (Fsp3) is 0.471. The predicted molar refractivity (Wildman–Crippen MR) is 88.7 cm³/mol. The van der Waals surface area contributed by atoms with E-state index in [1.807, 2.05) is 36.1 Å². The molecule has 1 saturated heterocycles. The molecule has 7 heteroatoms. The van der Waals surface area contributed by atoms with E-state index in [1.165, 1.54) is 0 Å². The van der Waals surface area contributed by atoms with Gasteiger partial charge < -0.3 is 19.5 Å². The van der Waals surface area contributed by atoms with Gasteiger partial charge in [0.05, 0.1) is 7.11 Å². The maximum Gasteiger partial charge on any atom is 0.317 e. The first-order valence-corrected chi connectivity index (χ1v) is 8.19. The molecule has 0 radical (unpaired) electrons. The van der Waals surface area contributed by atoms with Gasteiger partial charge in [0.2, 0.25) is 0 Å². The van der Waals surface area contributed by atoms with Crippen molar-refractivity contribution < 1.29 is 14.1 Å². The van der Waals surface area contributed by atoms with E-state index in [1.54, 1.807) is 7.11 Å². The van der Waals surface area contributed by atoms with E-state index in [2.05, 4.69) is 15.5 Å². The molecule has 1 aliphatic heterocycles. The van der Waals surface area contributed by atoms with Gasteiger partial charge >= 0.3 is 6.03 Å². The number of ether oxygens (including phenoxy) is 1. The molecule has 7 nitrogen and oxygen atoms in total. The Bertz CT molecular complexity index is 683. The number of methoxy groups -OCH3 is 1. The fourth-order valence-corrected chi connectivity index (χ4v) is 2.89. The van der Waals surface area contributed by atoms with Crippen LogP contribution >= 0.6 is 0 Å². The number of hydrogen-bond donors (Lipinski definition) is 1. The molecular formula is C17H22N4O3. The Morgan fingerprint density at radius 2 is 2.21 bits per heavy atom. The van der Waals surface area contributed by atoms with Crippen molar-refractivity contribution in [2.75, 3.05) is 26.7 Å². The van der Waals surface area contributed by atoms with Gasteiger partial charge in [0.25, 0.3) is 5.89 Å². The Morgan fingerprint density at radius 1 is 1.42 bits per heavy atom. The number of carbonyl (C=O) groups is 1. The quantitative estimate of drug-likeness (QED) is 0.910. The fourth-order valence-electron chi connectivity index (χ4n) is 2.89. The summed E-state index contributed by atoms with van der Waals surface area (Å²) in [6.07, 6.45) is 1.68. The standard InChI is InChI=1S/C17H22N4O3/c1-3-18-17(22)21-9-8-12(11-21)10-15-19-16(24-20-15)13-4-6-14(23-2)7-5-13/h4-7,12H,3,8-11H2,1-2H3,(H,18,22). The molecular weight excluding hydrogens is 308 g/mol. The average molecular weight is 330 g/mol. The van der Waals surface area contributed by atoms with E-state index < -0.39 is 0 Å². The maximum atomic E-state index is 11.8. The zero-order chi connectivity index (χ0) is 16.9. The molecule has 1 N–H and O–H groups in total. The van der Waals surface area contributed by atoms with Crippen LogP contribution in [0.2, 0.25) is 0 Å². The second kappa shape index (κ2) is 7.33. The van der Waals surface area contributed by atoms with E-state index in [-0.39, 0.29) is 6.03 Å². The molecule has 1 fully saturated rings. The summed E-state index contributed by atoms with van der Waals surface area (Å²) in [6, 6.07) is 7.51. The van der Waals surface area contributed by atoms with Crippen LogP contribution in [-0.2, 0) is 6.42 Å². The monoisotopic (exact) mass is 330 g/mol. The Kier molecular flexibility index (Phi) is 4.98. The van der Waals surface area contributed by atoms with Crippen LogP contribution in [-0.4, -0.2) is 47.8 Å². The second-order valence-corrected chi connectivity index (χ2v) is 5.88. The van der Waals surface area contributed by atoms with Crippen LogP contribution in [0.25, 0.3) is 11.5 Å². The third kappa shape index (κ3) is 3.67. The number of aromatic nitrogens is 2. The number of urea groups is 1. The first-order valence-electron chi connectivity index (χ1n) is 8.19. The highest BCUT2D eigenvalue weighted by molar-refractivity contribution is 5.74. The van der Waals surface area contributed by atoms with Crippen molar-refractivity contribution in [1.29, 1.82) is 0 Å². The van der Waals surface area contributed by atoms with Crippen LogP contribution in [0.3, 0.4) is 0 Å². The normalized spacial score (nSPS) is 17.1. The summed E-state index contributed by atoms with van der Waals surface area (Å²) >= 11 is 0. The molecule has 1 aromatic heterocycles. The van der Waals surface area contributed by atoms with E-state index in [9.17, 15) is 4.79 Å². The molecule has 2 heterocycles. The average Bonchev–Trinajstić information content (AvgIpc) is 3.25. The van der Waals surface area contributed by atoms with Crippen molar-refractivity contribution in [3.8, 4) is 17.2 Å². The first kappa shape index (κ1) is 16.3. The smallest absolute Gasteiger partial charge is 0.317 e.